The van der Waals surface area contributed by atoms with E-state index < -0.39 is 36.6 Å². The highest BCUT2D eigenvalue weighted by Crippen LogP contribution is 2.25. The van der Waals surface area contributed by atoms with Crippen LogP contribution in [0, 0.1) is 13.8 Å². The lowest BCUT2D eigenvalue weighted by atomic mass is 9.93. The van der Waals surface area contributed by atoms with Gasteiger partial charge in [-0.1, -0.05) is 13.8 Å². The van der Waals surface area contributed by atoms with Crippen molar-refractivity contribution >= 4 is 23.7 Å². The zero-order valence-electron chi connectivity index (χ0n) is 18.5. The highest BCUT2D eigenvalue weighted by molar-refractivity contribution is 6.08. The monoisotopic (exact) mass is 421 g/mol. The minimum absolute atomic E-state index is 0.0520. The Morgan fingerprint density at radius 1 is 1.20 bits per heavy atom. The number of ketones is 1. The zero-order valence-corrected chi connectivity index (χ0v) is 18.5. The number of esters is 1. The van der Waals surface area contributed by atoms with Crippen LogP contribution in [0.2, 0.25) is 0 Å². The number of imide groups is 1. The van der Waals surface area contributed by atoms with E-state index >= 15 is 0 Å². The summed E-state index contributed by atoms with van der Waals surface area (Å²) in [6, 6.07) is 1.19. The lowest BCUT2D eigenvalue weighted by molar-refractivity contribution is -0.146. The number of carbonyl (C=O) groups is 4. The molecule has 166 valence electrons. The first-order valence-electron chi connectivity index (χ1n) is 10.1. The second-order valence-corrected chi connectivity index (χ2v) is 7.65. The van der Waals surface area contributed by atoms with Gasteiger partial charge < -0.3 is 19.4 Å². The minimum atomic E-state index is -0.983. The minimum Gasteiger partial charge on any atom is -0.456 e. The molecule has 9 heteroatoms. The van der Waals surface area contributed by atoms with Crippen LogP contribution in [0.4, 0.5) is 4.79 Å². The van der Waals surface area contributed by atoms with Gasteiger partial charge in [-0.2, -0.15) is 0 Å². The Morgan fingerprint density at radius 3 is 2.37 bits per heavy atom. The second-order valence-electron chi connectivity index (χ2n) is 7.65. The summed E-state index contributed by atoms with van der Waals surface area (Å²) in [5, 5.41) is 2.65. The predicted octanol–water partition coefficient (Wildman–Crippen LogP) is 2.15. The number of urea groups is 1. The van der Waals surface area contributed by atoms with E-state index in [0.29, 0.717) is 25.0 Å². The third kappa shape index (κ3) is 4.40. The van der Waals surface area contributed by atoms with Gasteiger partial charge in [0, 0.05) is 24.1 Å². The van der Waals surface area contributed by atoms with E-state index in [1.807, 2.05) is 25.3 Å². The van der Waals surface area contributed by atoms with E-state index in [1.54, 1.807) is 27.0 Å². The fourth-order valence-electron chi connectivity index (χ4n) is 4.00. The molecule has 3 amide bonds. The third-order valence-corrected chi connectivity index (χ3v) is 5.74. The second kappa shape index (κ2) is 9.42. The first kappa shape index (κ1) is 23.6. The van der Waals surface area contributed by atoms with Gasteiger partial charge in [0.1, 0.15) is 12.1 Å². The van der Waals surface area contributed by atoms with Gasteiger partial charge in [-0.05, 0) is 39.7 Å². The van der Waals surface area contributed by atoms with Crippen molar-refractivity contribution in [3.05, 3.63) is 23.0 Å². The average Bonchev–Trinajstić information content (AvgIpc) is 3.14. The van der Waals surface area contributed by atoms with Gasteiger partial charge in [0.25, 0.3) is 5.91 Å². The SMILES string of the molecule is CCC1(CC)NC(=O)N(CC(=O)OCC(=O)c2cc(C)n([C@H](C)COC)c2C)C1=O. The maximum atomic E-state index is 12.6. The maximum Gasteiger partial charge on any atom is 0.326 e. The standard InChI is InChI=1S/C21H31N3O6/c1-7-21(8-2)19(27)23(20(28)22-21)10-18(26)30-12-17(25)16-9-13(3)24(15(16)5)14(4)11-29-6/h9,14H,7-8,10-12H2,1-6H3,(H,22,28)/t14-/m1/s1. The van der Waals surface area contributed by atoms with E-state index in [9.17, 15) is 19.2 Å². The first-order valence-corrected chi connectivity index (χ1v) is 10.1. The van der Waals surface area contributed by atoms with Crippen LogP contribution in [-0.2, 0) is 19.1 Å². The fraction of sp³-hybridized carbons (Fsp3) is 0.619. The topological polar surface area (TPSA) is 107 Å². The van der Waals surface area contributed by atoms with Crippen LogP contribution in [0.15, 0.2) is 6.07 Å². The van der Waals surface area contributed by atoms with Gasteiger partial charge in [-0.15, -0.1) is 0 Å². The molecule has 1 N–H and O–H groups in total. The van der Waals surface area contributed by atoms with Crippen molar-refractivity contribution in [3.63, 3.8) is 0 Å². The van der Waals surface area contributed by atoms with Gasteiger partial charge in [-0.25, -0.2) is 4.79 Å². The molecule has 9 nitrogen and oxygen atoms in total. The molecular formula is C21H31N3O6. The Balaban J connectivity index is 2.01. The number of hydrogen-bond donors (Lipinski definition) is 1. The Kier molecular flexibility index (Phi) is 7.41. The molecule has 0 radical (unpaired) electrons. The van der Waals surface area contributed by atoms with E-state index in [4.69, 9.17) is 9.47 Å². The molecule has 2 rings (SSSR count). The van der Waals surface area contributed by atoms with Crippen molar-refractivity contribution in [2.75, 3.05) is 26.9 Å². The molecule has 0 saturated carbocycles. The number of amides is 3. The lowest BCUT2D eigenvalue weighted by Gasteiger charge is -2.22. The smallest absolute Gasteiger partial charge is 0.326 e. The van der Waals surface area contributed by atoms with Crippen LogP contribution in [0.25, 0.3) is 0 Å². The summed E-state index contributed by atoms with van der Waals surface area (Å²) in [5.41, 5.74) is 1.16. The summed E-state index contributed by atoms with van der Waals surface area (Å²) in [5.74, 6) is -1.60. The molecule has 0 aliphatic carbocycles. The molecule has 1 saturated heterocycles. The molecule has 0 bridgehead atoms. The van der Waals surface area contributed by atoms with Crippen molar-refractivity contribution in [2.45, 2.75) is 59.0 Å². The van der Waals surface area contributed by atoms with Gasteiger partial charge in [0.15, 0.2) is 6.61 Å². The van der Waals surface area contributed by atoms with Crippen LogP contribution >= 0.6 is 0 Å². The van der Waals surface area contributed by atoms with Crippen molar-refractivity contribution in [3.8, 4) is 0 Å². The van der Waals surface area contributed by atoms with E-state index in [0.717, 1.165) is 16.3 Å². The van der Waals surface area contributed by atoms with Gasteiger partial charge >= 0.3 is 12.0 Å². The van der Waals surface area contributed by atoms with Crippen molar-refractivity contribution in [1.29, 1.82) is 0 Å². The Bertz CT molecular complexity index is 840. The number of hydrogen-bond acceptors (Lipinski definition) is 6. The Labute approximate surface area is 176 Å². The molecule has 30 heavy (non-hydrogen) atoms. The molecule has 1 aromatic rings. The number of methoxy groups -OCH3 is 1. The van der Waals surface area contributed by atoms with Crippen molar-refractivity contribution in [1.82, 2.24) is 14.8 Å². The number of aryl methyl sites for hydroxylation is 1. The molecule has 1 aliphatic rings. The highest BCUT2D eigenvalue weighted by Gasteiger charge is 2.49. The molecule has 0 aromatic carbocycles. The van der Waals surface area contributed by atoms with Gasteiger partial charge in [0.2, 0.25) is 5.78 Å². The van der Waals surface area contributed by atoms with E-state index in [-0.39, 0.29) is 11.8 Å². The average molecular weight is 421 g/mol. The van der Waals surface area contributed by atoms with Crippen LogP contribution in [-0.4, -0.2) is 65.6 Å². The third-order valence-electron chi connectivity index (χ3n) is 5.74. The van der Waals surface area contributed by atoms with Crippen LogP contribution in [0.5, 0.6) is 0 Å². The molecule has 0 spiro atoms. The summed E-state index contributed by atoms with van der Waals surface area (Å²) in [6.45, 7) is 8.83. The summed E-state index contributed by atoms with van der Waals surface area (Å²) in [4.78, 5) is 50.3. The highest BCUT2D eigenvalue weighted by atomic mass is 16.5. The quantitative estimate of drug-likeness (QED) is 0.352. The van der Waals surface area contributed by atoms with Crippen LogP contribution in [0.3, 0.4) is 0 Å². The molecule has 1 fully saturated rings. The van der Waals surface area contributed by atoms with Crippen LogP contribution in [0.1, 0.15) is 61.4 Å². The maximum absolute atomic E-state index is 12.6. The molecule has 1 aliphatic heterocycles. The van der Waals surface area contributed by atoms with Gasteiger partial charge in [0.05, 0.1) is 12.6 Å². The van der Waals surface area contributed by atoms with E-state index in [1.165, 1.54) is 0 Å². The number of carbonyl (C=O) groups excluding carboxylic acids is 4. The number of nitrogens with one attached hydrogen (secondary N) is 1. The predicted molar refractivity (Wildman–Crippen MR) is 109 cm³/mol. The first-order chi connectivity index (χ1) is 14.1. The molecule has 0 unspecified atom stereocenters. The molecular weight excluding hydrogens is 390 g/mol. The van der Waals surface area contributed by atoms with Crippen molar-refractivity contribution in [2.24, 2.45) is 0 Å². The van der Waals surface area contributed by atoms with Gasteiger partial charge in [-0.3, -0.25) is 19.3 Å². The Morgan fingerprint density at radius 2 is 1.83 bits per heavy atom. The number of rotatable bonds is 10. The van der Waals surface area contributed by atoms with Crippen LogP contribution < -0.4 is 5.32 Å². The molecule has 1 atom stereocenters. The van der Waals surface area contributed by atoms with Crippen molar-refractivity contribution < 1.29 is 28.7 Å². The molecule has 1 aromatic heterocycles. The van der Waals surface area contributed by atoms with E-state index in [2.05, 4.69) is 5.32 Å². The number of ether oxygens (including phenoxy) is 2. The summed E-state index contributed by atoms with van der Waals surface area (Å²) in [6.07, 6.45) is 0.852. The summed E-state index contributed by atoms with van der Waals surface area (Å²) in [7, 11) is 1.62. The lowest BCUT2D eigenvalue weighted by Crippen LogP contribution is -2.46. The summed E-state index contributed by atoms with van der Waals surface area (Å²) < 4.78 is 12.3. The summed E-state index contributed by atoms with van der Waals surface area (Å²) >= 11 is 0. The largest absolute Gasteiger partial charge is 0.456 e. The zero-order chi connectivity index (χ0) is 22.6. The number of nitrogens with zero attached hydrogens (tertiary/aromatic N) is 2. The number of aromatic nitrogens is 1. The molecule has 2 heterocycles. The Hall–Kier alpha value is -2.68. The number of Topliss-reactive ketones (excluding diaryl/α,β-unsaturated/α-hetero) is 1. The normalized spacial score (nSPS) is 16.5. The fourth-order valence-corrected chi connectivity index (χ4v) is 4.00.